The minimum absolute atomic E-state index is 0.126. The summed E-state index contributed by atoms with van der Waals surface area (Å²) in [6.07, 6.45) is 17.1. The lowest BCUT2D eigenvalue weighted by molar-refractivity contribution is -0.137. The Kier molecular flexibility index (Phi) is 8.52. The lowest BCUT2D eigenvalue weighted by atomic mass is 9.51. The third-order valence-corrected chi connectivity index (χ3v) is 10.8. The number of aliphatic hydroxyl groups excluding tert-OH is 2. The molecule has 0 heterocycles. The molecule has 5 heteroatoms. The van der Waals surface area contributed by atoms with Crippen molar-refractivity contribution in [2.45, 2.75) is 92.6 Å². The molecule has 5 nitrogen and oxygen atoms in total. The Morgan fingerprint density at radius 3 is 2.46 bits per heavy atom. The third-order valence-electron chi connectivity index (χ3n) is 10.8. The van der Waals surface area contributed by atoms with Gasteiger partial charge in [-0.2, -0.15) is 0 Å². The van der Waals surface area contributed by atoms with Crippen LogP contribution in [-0.2, 0) is 9.59 Å². The van der Waals surface area contributed by atoms with Crippen LogP contribution < -0.4 is 0 Å². The van der Waals surface area contributed by atoms with Crippen molar-refractivity contribution in [1.82, 2.24) is 0 Å². The van der Waals surface area contributed by atoms with Crippen LogP contribution in [0.25, 0.3) is 0 Å². The molecule has 214 valence electrons. The van der Waals surface area contributed by atoms with E-state index >= 15 is 0 Å². The fraction of sp³-hybridized carbons (Fsp3) is 0.647. The van der Waals surface area contributed by atoms with Crippen LogP contribution in [-0.4, -0.2) is 33.2 Å². The summed E-state index contributed by atoms with van der Waals surface area (Å²) in [6, 6.07) is 0. The normalized spacial score (nSPS) is 43.4. The number of carboxylic acids is 1. The van der Waals surface area contributed by atoms with Crippen LogP contribution in [0.2, 0.25) is 0 Å². The molecule has 0 radical (unpaired) electrons. The molecule has 1 fully saturated rings. The van der Waals surface area contributed by atoms with E-state index in [4.69, 9.17) is 0 Å². The van der Waals surface area contributed by atoms with Gasteiger partial charge in [-0.25, -0.2) is 4.79 Å². The van der Waals surface area contributed by atoms with Crippen LogP contribution in [0.3, 0.4) is 0 Å². The molecule has 4 rings (SSSR count). The van der Waals surface area contributed by atoms with Gasteiger partial charge in [0.25, 0.3) is 0 Å². The highest BCUT2D eigenvalue weighted by molar-refractivity contribution is 6.18. The van der Waals surface area contributed by atoms with Crippen LogP contribution in [0.15, 0.2) is 58.9 Å². The number of hydrogen-bond acceptors (Lipinski definition) is 4. The van der Waals surface area contributed by atoms with Crippen molar-refractivity contribution in [3.8, 4) is 0 Å². The second-order valence-electron chi connectivity index (χ2n) is 13.1. The van der Waals surface area contributed by atoms with Crippen molar-refractivity contribution in [3.05, 3.63) is 58.9 Å². The first-order valence-corrected chi connectivity index (χ1v) is 15.0. The number of carbonyl (C=O) groups excluding carboxylic acids is 1. The minimum Gasteiger partial charge on any atom is -0.511 e. The molecule has 0 aromatic carbocycles. The van der Waals surface area contributed by atoms with Gasteiger partial charge in [0.1, 0.15) is 11.3 Å². The van der Waals surface area contributed by atoms with E-state index in [2.05, 4.69) is 57.2 Å². The Morgan fingerprint density at radius 2 is 1.82 bits per heavy atom. The molecule has 9 atom stereocenters. The highest BCUT2D eigenvalue weighted by atomic mass is 16.4. The number of carboxylic acid groups (broad SMARTS) is 1. The first-order valence-electron chi connectivity index (χ1n) is 15.0. The molecule has 0 aromatic heterocycles. The summed E-state index contributed by atoms with van der Waals surface area (Å²) in [7, 11) is 0. The molecular weight excluding hydrogens is 488 g/mol. The number of allylic oxidation sites excluding steroid dienone is 8. The Morgan fingerprint density at radius 1 is 1.10 bits per heavy atom. The van der Waals surface area contributed by atoms with Crippen molar-refractivity contribution in [2.24, 2.45) is 46.3 Å². The standard InChI is InChI=1S/C34H48O5/c1-7-23-17-27-30(36)28(32(38)39)31(37)34(8-2)24(14-15-25-26(34)16-13-21(4)29(25)35)12-10-9-11-20(3)18-33(27,6)19-22(23)5/h9-10,14-15,18-19,21,23-27,29,35,37H,7-8,11-13,16-17H2,1-6H3,(H,38,39)/b10-9+,20-18+,31-28?/t21-,23-,24+,25-,26+,27?,29-,33-,34+/m0/s1. The van der Waals surface area contributed by atoms with Crippen LogP contribution >= 0.6 is 0 Å². The maximum absolute atomic E-state index is 14.5. The molecule has 0 aliphatic heterocycles. The zero-order valence-corrected chi connectivity index (χ0v) is 24.6. The molecule has 0 aromatic rings. The fourth-order valence-corrected chi connectivity index (χ4v) is 8.60. The van der Waals surface area contributed by atoms with Crippen LogP contribution in [0.1, 0.15) is 86.5 Å². The van der Waals surface area contributed by atoms with Crippen molar-refractivity contribution in [3.63, 3.8) is 0 Å². The smallest absolute Gasteiger partial charge is 0.342 e. The van der Waals surface area contributed by atoms with Crippen LogP contribution in [0, 0.1) is 46.3 Å². The van der Waals surface area contributed by atoms with Gasteiger partial charge < -0.3 is 15.3 Å². The summed E-state index contributed by atoms with van der Waals surface area (Å²) >= 11 is 0. The molecule has 0 spiro atoms. The zero-order chi connectivity index (χ0) is 28.7. The van der Waals surface area contributed by atoms with Gasteiger partial charge >= 0.3 is 5.97 Å². The summed E-state index contributed by atoms with van der Waals surface area (Å²) in [5.74, 6) is -2.86. The number of rotatable bonds is 3. The zero-order valence-electron chi connectivity index (χ0n) is 24.6. The van der Waals surface area contributed by atoms with E-state index in [-0.39, 0.29) is 35.3 Å². The summed E-state index contributed by atoms with van der Waals surface area (Å²) in [6.45, 7) is 12.4. The average molecular weight is 537 g/mol. The largest absolute Gasteiger partial charge is 0.511 e. The van der Waals surface area contributed by atoms with Crippen LogP contribution in [0.4, 0.5) is 0 Å². The number of aliphatic hydroxyl groups is 2. The summed E-state index contributed by atoms with van der Waals surface area (Å²) in [4.78, 5) is 27.5. The topological polar surface area (TPSA) is 94.8 Å². The third kappa shape index (κ3) is 5.01. The van der Waals surface area contributed by atoms with E-state index in [1.54, 1.807) is 0 Å². The number of carbonyl (C=O) groups is 2. The number of fused-ring (bicyclic) bond motifs is 4. The lowest BCUT2D eigenvalue weighted by Crippen LogP contribution is -2.52. The van der Waals surface area contributed by atoms with Gasteiger partial charge in [0, 0.05) is 22.7 Å². The summed E-state index contributed by atoms with van der Waals surface area (Å²) in [5, 5.41) is 34.0. The second kappa shape index (κ2) is 11.2. The van der Waals surface area contributed by atoms with E-state index < -0.39 is 40.2 Å². The molecule has 1 saturated carbocycles. The van der Waals surface area contributed by atoms with Crippen molar-refractivity contribution >= 4 is 11.8 Å². The van der Waals surface area contributed by atoms with Gasteiger partial charge in [0.05, 0.1) is 6.10 Å². The van der Waals surface area contributed by atoms with Gasteiger partial charge in [-0.3, -0.25) is 4.79 Å². The maximum Gasteiger partial charge on any atom is 0.342 e. The van der Waals surface area contributed by atoms with Crippen molar-refractivity contribution < 1.29 is 24.9 Å². The van der Waals surface area contributed by atoms with E-state index in [0.717, 1.165) is 31.3 Å². The number of aliphatic carboxylic acids is 1. The highest BCUT2D eigenvalue weighted by Gasteiger charge is 2.56. The molecule has 0 bridgehead atoms. The van der Waals surface area contributed by atoms with E-state index in [0.29, 0.717) is 19.3 Å². The van der Waals surface area contributed by atoms with Gasteiger partial charge in [0.2, 0.25) is 0 Å². The molecule has 1 unspecified atom stereocenters. The predicted octanol–water partition coefficient (Wildman–Crippen LogP) is 7.35. The van der Waals surface area contributed by atoms with Crippen molar-refractivity contribution in [1.29, 1.82) is 0 Å². The molecule has 4 aliphatic rings. The Balaban J connectivity index is 1.99. The lowest BCUT2D eigenvalue weighted by Gasteiger charge is -2.54. The van der Waals surface area contributed by atoms with E-state index in [1.807, 2.05) is 20.8 Å². The summed E-state index contributed by atoms with van der Waals surface area (Å²) in [5.41, 5.74) is 0.335. The van der Waals surface area contributed by atoms with Gasteiger partial charge in [-0.1, -0.05) is 75.3 Å². The molecule has 4 aliphatic carbocycles. The number of hydrogen-bond donors (Lipinski definition) is 3. The first-order chi connectivity index (χ1) is 18.4. The molecule has 0 amide bonds. The molecule has 3 N–H and O–H groups in total. The minimum atomic E-state index is -1.35. The Hall–Kier alpha value is -2.40. The number of ketones is 1. The SMILES string of the molecule is CC[C@H]1CC2C(=O)C(C(=O)O)=C(O)[C@@]3(CC)[C@@H]4CC[C@H](C)[C@H](O)[C@H]4C=C[C@H]3C/C=C/C/C(C)=C/[C@@]2(C)C=C1C. The van der Waals surface area contributed by atoms with Gasteiger partial charge in [0.15, 0.2) is 5.78 Å². The van der Waals surface area contributed by atoms with Crippen molar-refractivity contribution in [2.75, 3.05) is 0 Å². The van der Waals surface area contributed by atoms with E-state index in [1.165, 1.54) is 5.57 Å². The molecular formula is C34H48O5. The fourth-order valence-electron chi connectivity index (χ4n) is 8.60. The predicted molar refractivity (Wildman–Crippen MR) is 155 cm³/mol. The number of Topliss-reactive ketones (excluding diaryl/α,β-unsaturated/α-hetero) is 1. The monoisotopic (exact) mass is 536 g/mol. The van der Waals surface area contributed by atoms with Gasteiger partial charge in [-0.05, 0) is 82.5 Å². The molecule has 0 saturated heterocycles. The highest BCUT2D eigenvalue weighted by Crippen LogP contribution is 2.59. The maximum atomic E-state index is 14.5. The Bertz CT molecular complexity index is 1140. The second-order valence-corrected chi connectivity index (χ2v) is 13.1. The summed E-state index contributed by atoms with van der Waals surface area (Å²) < 4.78 is 0. The average Bonchev–Trinajstić information content (AvgIpc) is 2.88. The molecule has 39 heavy (non-hydrogen) atoms. The first kappa shape index (κ1) is 29.6. The Labute approximate surface area is 234 Å². The van der Waals surface area contributed by atoms with E-state index in [9.17, 15) is 24.9 Å². The van der Waals surface area contributed by atoms with Gasteiger partial charge in [-0.15, -0.1) is 0 Å². The van der Waals surface area contributed by atoms with Crippen LogP contribution in [0.5, 0.6) is 0 Å². The quantitative estimate of drug-likeness (QED) is 0.259.